The monoisotopic (exact) mass is 223 g/mol. The summed E-state index contributed by atoms with van der Waals surface area (Å²) >= 11 is 1.90. The predicted molar refractivity (Wildman–Crippen MR) is 66.0 cm³/mol. The van der Waals surface area contributed by atoms with Crippen molar-refractivity contribution in [2.75, 3.05) is 17.6 Å². The summed E-state index contributed by atoms with van der Waals surface area (Å²) in [7, 11) is 0. The highest BCUT2D eigenvalue weighted by Gasteiger charge is 2.15. The van der Waals surface area contributed by atoms with Crippen molar-refractivity contribution in [3.05, 3.63) is 18.2 Å². The molecule has 0 radical (unpaired) electrons. The summed E-state index contributed by atoms with van der Waals surface area (Å²) < 4.78 is 5.72. The van der Waals surface area contributed by atoms with Crippen LogP contribution in [0.2, 0.25) is 0 Å². The van der Waals surface area contributed by atoms with Crippen molar-refractivity contribution < 1.29 is 4.74 Å². The molecule has 0 aromatic heterocycles. The van der Waals surface area contributed by atoms with Crippen LogP contribution in [0, 0.1) is 0 Å². The second kappa shape index (κ2) is 4.79. The third-order valence-electron chi connectivity index (χ3n) is 2.33. The maximum atomic E-state index is 5.72. The van der Waals surface area contributed by atoms with Crippen molar-refractivity contribution in [3.8, 4) is 5.75 Å². The van der Waals surface area contributed by atoms with E-state index in [-0.39, 0.29) is 6.10 Å². The molecule has 0 bridgehead atoms. The van der Waals surface area contributed by atoms with Gasteiger partial charge in [-0.1, -0.05) is 6.92 Å². The number of fused-ring (bicyclic) bond motifs is 1. The van der Waals surface area contributed by atoms with Crippen LogP contribution in [0.5, 0.6) is 5.75 Å². The Morgan fingerprint density at radius 1 is 1.53 bits per heavy atom. The van der Waals surface area contributed by atoms with E-state index in [4.69, 9.17) is 4.74 Å². The molecule has 0 spiro atoms. The minimum Gasteiger partial charge on any atom is -0.487 e. The number of anilines is 1. The van der Waals surface area contributed by atoms with Crippen LogP contribution in [0.4, 0.5) is 5.69 Å². The van der Waals surface area contributed by atoms with E-state index in [0.29, 0.717) is 0 Å². The Balaban J connectivity index is 2.12. The Morgan fingerprint density at radius 2 is 2.40 bits per heavy atom. The van der Waals surface area contributed by atoms with E-state index in [1.165, 1.54) is 17.1 Å². The zero-order valence-corrected chi connectivity index (χ0v) is 10.1. The summed E-state index contributed by atoms with van der Waals surface area (Å²) in [5.74, 6) is 2.16. The zero-order valence-electron chi connectivity index (χ0n) is 9.25. The van der Waals surface area contributed by atoms with Crippen LogP contribution >= 0.6 is 11.8 Å². The molecule has 0 fully saturated rings. The standard InChI is InChI=1S/C12H17NOS/c1-3-6-15-10-4-5-12-11(7-10)13-8-9(2)14-12/h4-5,7,9,13H,3,6,8H2,1-2H3. The molecule has 0 saturated carbocycles. The Morgan fingerprint density at radius 3 is 3.20 bits per heavy atom. The number of nitrogens with one attached hydrogen (secondary N) is 1. The fourth-order valence-electron chi connectivity index (χ4n) is 1.57. The Kier molecular flexibility index (Phi) is 3.41. The van der Waals surface area contributed by atoms with Gasteiger partial charge in [-0.3, -0.25) is 0 Å². The second-order valence-corrected chi connectivity index (χ2v) is 4.98. The average molecular weight is 223 g/mol. The molecule has 1 unspecified atom stereocenters. The van der Waals surface area contributed by atoms with E-state index in [0.717, 1.165) is 18.0 Å². The van der Waals surface area contributed by atoms with E-state index in [1.807, 2.05) is 11.8 Å². The SMILES string of the molecule is CCCSc1ccc2c(c1)NCC(C)O2. The number of benzene rings is 1. The third kappa shape index (κ3) is 2.59. The highest BCUT2D eigenvalue weighted by molar-refractivity contribution is 7.99. The van der Waals surface area contributed by atoms with Gasteiger partial charge in [-0.25, -0.2) is 0 Å². The van der Waals surface area contributed by atoms with E-state index in [9.17, 15) is 0 Å². The molecule has 1 aromatic carbocycles. The lowest BCUT2D eigenvalue weighted by Gasteiger charge is -2.25. The summed E-state index contributed by atoms with van der Waals surface area (Å²) in [4.78, 5) is 1.32. The third-order valence-corrected chi connectivity index (χ3v) is 3.53. The van der Waals surface area contributed by atoms with E-state index in [1.54, 1.807) is 0 Å². The smallest absolute Gasteiger partial charge is 0.142 e. The lowest BCUT2D eigenvalue weighted by molar-refractivity contribution is 0.226. The highest BCUT2D eigenvalue weighted by Crippen LogP contribution is 2.33. The van der Waals surface area contributed by atoms with Crippen LogP contribution < -0.4 is 10.1 Å². The van der Waals surface area contributed by atoms with Crippen LogP contribution in [0.3, 0.4) is 0 Å². The average Bonchev–Trinajstić information content (AvgIpc) is 2.26. The number of hydrogen-bond acceptors (Lipinski definition) is 3. The van der Waals surface area contributed by atoms with Crippen molar-refractivity contribution in [3.63, 3.8) is 0 Å². The van der Waals surface area contributed by atoms with Gasteiger partial charge in [0.2, 0.25) is 0 Å². The molecule has 2 nitrogen and oxygen atoms in total. The summed E-state index contributed by atoms with van der Waals surface area (Å²) in [5.41, 5.74) is 1.13. The Hall–Kier alpha value is -0.830. The van der Waals surface area contributed by atoms with E-state index < -0.39 is 0 Å². The molecule has 1 aliphatic rings. The lowest BCUT2D eigenvalue weighted by Crippen LogP contribution is -2.27. The first-order chi connectivity index (χ1) is 7.29. The van der Waals surface area contributed by atoms with Crippen LogP contribution in [0.25, 0.3) is 0 Å². The van der Waals surface area contributed by atoms with Gasteiger partial charge in [0.1, 0.15) is 11.9 Å². The van der Waals surface area contributed by atoms with Crippen molar-refractivity contribution in [2.45, 2.75) is 31.3 Å². The molecule has 1 heterocycles. The molecular formula is C12H17NOS. The minimum absolute atomic E-state index is 0.270. The molecule has 1 N–H and O–H groups in total. The van der Waals surface area contributed by atoms with Gasteiger partial charge in [-0.05, 0) is 37.3 Å². The van der Waals surface area contributed by atoms with Gasteiger partial charge < -0.3 is 10.1 Å². The molecule has 2 rings (SSSR count). The van der Waals surface area contributed by atoms with Crippen molar-refractivity contribution in [1.29, 1.82) is 0 Å². The largest absolute Gasteiger partial charge is 0.487 e. The molecule has 1 aromatic rings. The van der Waals surface area contributed by atoms with Gasteiger partial charge in [-0.2, -0.15) is 0 Å². The fraction of sp³-hybridized carbons (Fsp3) is 0.500. The maximum Gasteiger partial charge on any atom is 0.142 e. The molecule has 1 aliphatic heterocycles. The first kappa shape index (κ1) is 10.7. The van der Waals surface area contributed by atoms with Gasteiger partial charge in [0.05, 0.1) is 12.2 Å². The molecule has 0 saturated heterocycles. The topological polar surface area (TPSA) is 21.3 Å². The maximum absolute atomic E-state index is 5.72. The predicted octanol–water partition coefficient (Wildman–Crippen LogP) is 3.38. The molecule has 0 amide bonds. The van der Waals surface area contributed by atoms with E-state index in [2.05, 4.69) is 37.4 Å². The molecule has 15 heavy (non-hydrogen) atoms. The van der Waals surface area contributed by atoms with Crippen molar-refractivity contribution in [1.82, 2.24) is 0 Å². The summed E-state index contributed by atoms with van der Waals surface area (Å²) in [6.45, 7) is 5.18. The van der Waals surface area contributed by atoms with Crippen LogP contribution in [0.15, 0.2) is 23.1 Å². The normalized spacial score (nSPS) is 18.9. The van der Waals surface area contributed by atoms with Crippen molar-refractivity contribution in [2.24, 2.45) is 0 Å². The van der Waals surface area contributed by atoms with Crippen LogP contribution in [-0.4, -0.2) is 18.4 Å². The fourth-order valence-corrected chi connectivity index (χ4v) is 2.38. The summed E-state index contributed by atoms with van der Waals surface area (Å²) in [6.07, 6.45) is 1.48. The molecule has 1 atom stereocenters. The van der Waals surface area contributed by atoms with Gasteiger partial charge in [0.25, 0.3) is 0 Å². The molecule has 0 aliphatic carbocycles. The first-order valence-corrected chi connectivity index (χ1v) is 6.45. The minimum atomic E-state index is 0.270. The van der Waals surface area contributed by atoms with Gasteiger partial charge >= 0.3 is 0 Å². The summed E-state index contributed by atoms with van der Waals surface area (Å²) in [5, 5.41) is 3.39. The number of hydrogen-bond donors (Lipinski definition) is 1. The second-order valence-electron chi connectivity index (χ2n) is 3.82. The lowest BCUT2D eigenvalue weighted by atomic mass is 10.2. The Bertz CT molecular complexity index is 340. The Labute approximate surface area is 95.4 Å². The highest BCUT2D eigenvalue weighted by atomic mass is 32.2. The van der Waals surface area contributed by atoms with Gasteiger partial charge in [0, 0.05) is 4.90 Å². The van der Waals surface area contributed by atoms with Crippen LogP contribution in [0.1, 0.15) is 20.3 Å². The quantitative estimate of drug-likeness (QED) is 0.794. The summed E-state index contributed by atoms with van der Waals surface area (Å²) in [6, 6.07) is 6.39. The molecular weight excluding hydrogens is 206 g/mol. The zero-order chi connectivity index (χ0) is 10.7. The number of ether oxygens (including phenoxy) is 1. The first-order valence-electron chi connectivity index (χ1n) is 5.47. The molecule has 82 valence electrons. The number of rotatable bonds is 3. The number of thioether (sulfide) groups is 1. The van der Waals surface area contributed by atoms with Gasteiger partial charge in [0.15, 0.2) is 0 Å². The van der Waals surface area contributed by atoms with Gasteiger partial charge in [-0.15, -0.1) is 11.8 Å². The van der Waals surface area contributed by atoms with Crippen molar-refractivity contribution >= 4 is 17.4 Å². The molecule has 3 heteroatoms. The van der Waals surface area contributed by atoms with E-state index >= 15 is 0 Å². The van der Waals surface area contributed by atoms with Crippen LogP contribution in [-0.2, 0) is 0 Å².